The molecule has 2 rings (SSSR count). The highest BCUT2D eigenvalue weighted by molar-refractivity contribution is 6.30. The van der Waals surface area contributed by atoms with E-state index in [1.54, 1.807) is 6.20 Å². The highest BCUT2D eigenvalue weighted by atomic mass is 35.5. The normalized spacial score (nSPS) is 11.0. The van der Waals surface area contributed by atoms with E-state index >= 15 is 0 Å². The predicted octanol–water partition coefficient (Wildman–Crippen LogP) is 5.56. The molecule has 0 fully saturated rings. The van der Waals surface area contributed by atoms with Crippen LogP contribution in [0.5, 0.6) is 0 Å². The van der Waals surface area contributed by atoms with E-state index in [1.165, 1.54) is 0 Å². The number of nitrogens with one attached hydrogen (secondary N) is 2. The number of urea groups is 1. The Bertz CT molecular complexity index is 706. The molecule has 0 spiro atoms. The van der Waals surface area contributed by atoms with Crippen molar-refractivity contribution in [3.63, 3.8) is 0 Å². The Balaban J connectivity index is 2.01. The largest absolute Gasteiger partial charge is 0.323 e. The molecule has 2 aromatic rings. The van der Waals surface area contributed by atoms with Gasteiger partial charge in [-0.25, -0.2) is 4.79 Å². The Morgan fingerprint density at radius 2 is 1.83 bits per heavy atom. The Kier molecular flexibility index (Phi) is 5.83. The van der Waals surface area contributed by atoms with Gasteiger partial charge in [-0.1, -0.05) is 55.8 Å². The number of hydrogen-bond acceptors (Lipinski definition) is 1. The van der Waals surface area contributed by atoms with Crippen LogP contribution in [0.2, 0.25) is 5.02 Å². The second-order valence-electron chi connectivity index (χ2n) is 5.68. The van der Waals surface area contributed by atoms with Crippen LogP contribution >= 0.6 is 11.6 Å². The number of halogens is 1. The van der Waals surface area contributed by atoms with E-state index in [4.69, 9.17) is 11.6 Å². The molecule has 2 N–H and O–H groups in total. The molecule has 120 valence electrons. The van der Waals surface area contributed by atoms with E-state index in [2.05, 4.69) is 24.5 Å². The lowest BCUT2D eigenvalue weighted by Crippen LogP contribution is -2.25. The number of amides is 2. The van der Waals surface area contributed by atoms with Crippen LogP contribution < -0.4 is 10.6 Å². The van der Waals surface area contributed by atoms with Crippen LogP contribution in [0.15, 0.2) is 48.7 Å². The molecule has 0 aliphatic rings. The second-order valence-corrected chi connectivity index (χ2v) is 6.11. The average Bonchev–Trinajstić information content (AvgIpc) is 2.51. The fourth-order valence-electron chi connectivity index (χ4n) is 2.28. The summed E-state index contributed by atoms with van der Waals surface area (Å²) in [5.74, 6) is 0.342. The summed E-state index contributed by atoms with van der Waals surface area (Å²) in [4.78, 5) is 12.1. The van der Waals surface area contributed by atoms with Crippen molar-refractivity contribution in [3.8, 4) is 0 Å². The first kappa shape index (κ1) is 17.1. The number of carbonyl (C=O) groups is 1. The van der Waals surface area contributed by atoms with Crippen molar-refractivity contribution < 1.29 is 4.79 Å². The minimum atomic E-state index is -0.258. The smallest absolute Gasteiger partial charge is 0.314 e. The van der Waals surface area contributed by atoms with Crippen LogP contribution in [-0.4, -0.2) is 6.03 Å². The Labute approximate surface area is 142 Å². The van der Waals surface area contributed by atoms with Crippen molar-refractivity contribution in [1.29, 1.82) is 0 Å². The van der Waals surface area contributed by atoms with E-state index < -0.39 is 0 Å². The van der Waals surface area contributed by atoms with Gasteiger partial charge in [-0.05, 0) is 47.7 Å². The van der Waals surface area contributed by atoms with Gasteiger partial charge < -0.3 is 10.6 Å². The van der Waals surface area contributed by atoms with Crippen molar-refractivity contribution in [2.75, 3.05) is 5.32 Å². The van der Waals surface area contributed by atoms with Crippen LogP contribution in [0.4, 0.5) is 10.5 Å². The zero-order valence-corrected chi connectivity index (χ0v) is 14.3. The molecule has 0 aliphatic heterocycles. The van der Waals surface area contributed by atoms with Gasteiger partial charge in [-0.3, -0.25) is 0 Å². The molecule has 0 bridgehead atoms. The zero-order valence-electron chi connectivity index (χ0n) is 13.6. The predicted molar refractivity (Wildman–Crippen MR) is 97.9 cm³/mol. The molecule has 4 heteroatoms. The molecule has 0 saturated carbocycles. The van der Waals surface area contributed by atoms with Crippen molar-refractivity contribution in [2.45, 2.75) is 26.7 Å². The Morgan fingerprint density at radius 3 is 2.48 bits per heavy atom. The highest BCUT2D eigenvalue weighted by Gasteiger charge is 2.11. The highest BCUT2D eigenvalue weighted by Crippen LogP contribution is 2.27. The monoisotopic (exact) mass is 328 g/mol. The molecular formula is C19H21ClN2O. The first-order valence-corrected chi connectivity index (χ1v) is 7.94. The van der Waals surface area contributed by atoms with E-state index in [-0.39, 0.29) is 6.03 Å². The third-order valence-corrected chi connectivity index (χ3v) is 3.78. The fraction of sp³-hybridized carbons (Fsp3) is 0.211. The fourth-order valence-corrected chi connectivity index (χ4v) is 2.41. The quantitative estimate of drug-likeness (QED) is 0.757. The van der Waals surface area contributed by atoms with Crippen LogP contribution in [0.3, 0.4) is 0 Å². The van der Waals surface area contributed by atoms with Crippen molar-refractivity contribution in [2.24, 2.45) is 0 Å². The molecule has 0 aromatic heterocycles. The van der Waals surface area contributed by atoms with Crippen molar-refractivity contribution >= 4 is 29.4 Å². The molecule has 0 radical (unpaired) electrons. The summed E-state index contributed by atoms with van der Waals surface area (Å²) < 4.78 is 0. The van der Waals surface area contributed by atoms with Gasteiger partial charge in [0.15, 0.2) is 0 Å². The van der Waals surface area contributed by atoms with Gasteiger partial charge in [0.05, 0.1) is 0 Å². The lowest BCUT2D eigenvalue weighted by atomic mass is 9.98. The van der Waals surface area contributed by atoms with Gasteiger partial charge in [-0.15, -0.1) is 0 Å². The molecule has 0 atom stereocenters. The summed E-state index contributed by atoms with van der Waals surface area (Å²) in [5.41, 5.74) is 4.02. The minimum Gasteiger partial charge on any atom is -0.314 e. The summed E-state index contributed by atoms with van der Waals surface area (Å²) in [5, 5.41) is 6.35. The average molecular weight is 329 g/mol. The zero-order chi connectivity index (χ0) is 16.8. The third kappa shape index (κ3) is 4.86. The number of aryl methyl sites for hydroxylation is 1. The maximum absolute atomic E-state index is 12.1. The molecule has 2 amide bonds. The van der Waals surface area contributed by atoms with E-state index in [0.29, 0.717) is 10.9 Å². The molecule has 2 aromatic carbocycles. The van der Waals surface area contributed by atoms with Gasteiger partial charge in [0, 0.05) is 16.9 Å². The van der Waals surface area contributed by atoms with Crippen molar-refractivity contribution in [3.05, 3.63) is 70.4 Å². The van der Waals surface area contributed by atoms with Gasteiger partial charge >= 0.3 is 6.03 Å². The molecule has 0 aliphatic carbocycles. The number of rotatable bonds is 4. The van der Waals surface area contributed by atoms with E-state index in [1.807, 2.05) is 55.5 Å². The lowest BCUT2D eigenvalue weighted by molar-refractivity contribution is 0.255. The van der Waals surface area contributed by atoms with Crippen LogP contribution in [0, 0.1) is 6.92 Å². The van der Waals surface area contributed by atoms with Gasteiger partial charge in [-0.2, -0.15) is 0 Å². The van der Waals surface area contributed by atoms with Gasteiger partial charge in [0.25, 0.3) is 0 Å². The molecule has 3 nitrogen and oxygen atoms in total. The van der Waals surface area contributed by atoms with Crippen LogP contribution in [0.1, 0.15) is 36.5 Å². The SMILES string of the molecule is Cc1cccc(C(C)C)c1NC(=O)N/C=C/c1ccc(Cl)cc1. The lowest BCUT2D eigenvalue weighted by Gasteiger charge is -2.16. The summed E-state index contributed by atoms with van der Waals surface area (Å²) in [6, 6.07) is 13.2. The standard InChI is InChI=1S/C19H21ClN2O/c1-13(2)17-6-4-5-14(3)18(17)22-19(23)21-12-11-15-7-9-16(20)10-8-15/h4-13H,1-3H3,(H2,21,22,23)/b12-11+. The van der Waals surface area contributed by atoms with E-state index in [0.717, 1.165) is 22.4 Å². The Hall–Kier alpha value is -2.26. The van der Waals surface area contributed by atoms with Crippen molar-refractivity contribution in [1.82, 2.24) is 5.32 Å². The number of carbonyl (C=O) groups excluding carboxylic acids is 1. The van der Waals surface area contributed by atoms with Crippen LogP contribution in [-0.2, 0) is 0 Å². The maximum Gasteiger partial charge on any atom is 0.323 e. The Morgan fingerprint density at radius 1 is 1.13 bits per heavy atom. The summed E-state index contributed by atoms with van der Waals surface area (Å²) in [6.45, 7) is 6.21. The molecular weight excluding hydrogens is 308 g/mol. The summed E-state index contributed by atoms with van der Waals surface area (Å²) >= 11 is 5.84. The molecule has 0 saturated heterocycles. The molecule has 0 unspecified atom stereocenters. The number of benzene rings is 2. The minimum absolute atomic E-state index is 0.258. The number of para-hydroxylation sites is 1. The number of hydrogen-bond donors (Lipinski definition) is 2. The summed E-state index contributed by atoms with van der Waals surface area (Å²) in [6.07, 6.45) is 3.43. The van der Waals surface area contributed by atoms with Crippen LogP contribution in [0.25, 0.3) is 6.08 Å². The number of anilines is 1. The molecule has 0 heterocycles. The first-order valence-electron chi connectivity index (χ1n) is 7.56. The second kappa shape index (κ2) is 7.84. The third-order valence-electron chi connectivity index (χ3n) is 3.53. The summed E-state index contributed by atoms with van der Waals surface area (Å²) in [7, 11) is 0. The van der Waals surface area contributed by atoms with Gasteiger partial charge in [0.1, 0.15) is 0 Å². The molecule has 23 heavy (non-hydrogen) atoms. The van der Waals surface area contributed by atoms with Gasteiger partial charge in [0.2, 0.25) is 0 Å². The topological polar surface area (TPSA) is 41.1 Å². The van der Waals surface area contributed by atoms with E-state index in [9.17, 15) is 4.79 Å². The first-order chi connectivity index (χ1) is 11.0. The maximum atomic E-state index is 12.1.